The third-order valence-corrected chi connectivity index (χ3v) is 8.33. The molecule has 4 N–H and O–H groups in total. The third-order valence-electron chi connectivity index (χ3n) is 5.20. The van der Waals surface area contributed by atoms with Crippen LogP contribution >= 0.6 is 34.9 Å². The van der Waals surface area contributed by atoms with Crippen molar-refractivity contribution in [1.29, 1.82) is 0 Å². The maximum atomic E-state index is 12.8. The van der Waals surface area contributed by atoms with Crippen LogP contribution < -0.4 is 11.1 Å². The summed E-state index contributed by atoms with van der Waals surface area (Å²) in [5.74, 6) is -1.22. The number of hydrogen-bond acceptors (Lipinski definition) is 9. The Morgan fingerprint density at radius 3 is 2.72 bits per heavy atom. The highest BCUT2D eigenvalue weighted by atomic mass is 32.2. The normalized spacial score (nSPS) is 21.1. The number of rotatable bonds is 8. The lowest BCUT2D eigenvalue weighted by Crippen LogP contribution is -2.72. The number of benzene rings is 1. The fourth-order valence-corrected chi connectivity index (χ4v) is 6.85. The van der Waals surface area contributed by atoms with Crippen molar-refractivity contribution in [3.8, 4) is 0 Å². The van der Waals surface area contributed by atoms with E-state index in [-0.39, 0.29) is 5.70 Å². The van der Waals surface area contributed by atoms with Crippen molar-refractivity contribution in [1.82, 2.24) is 20.4 Å². The number of carboxylic acid groups (broad SMARTS) is 1. The average molecular weight is 492 g/mol. The van der Waals surface area contributed by atoms with E-state index in [0.717, 1.165) is 10.1 Å². The third kappa shape index (κ3) is 4.40. The Balaban J connectivity index is 1.48. The molecule has 1 aromatic carbocycles. The lowest BCUT2D eigenvalue weighted by Gasteiger charge is -2.50. The second kappa shape index (κ2) is 9.61. The predicted octanol–water partition coefficient (Wildman–Crippen LogP) is 2.23. The van der Waals surface area contributed by atoms with Gasteiger partial charge in [0, 0.05) is 4.91 Å². The van der Waals surface area contributed by atoms with Crippen LogP contribution in [0.15, 0.2) is 49.6 Å². The molecule has 168 valence electrons. The number of nitrogens with two attached hydrogens (primary N) is 1. The molecule has 32 heavy (non-hydrogen) atoms. The first-order chi connectivity index (χ1) is 15.4. The zero-order chi connectivity index (χ0) is 22.8. The highest BCUT2D eigenvalue weighted by molar-refractivity contribution is 8.05. The van der Waals surface area contributed by atoms with Gasteiger partial charge >= 0.3 is 5.97 Å². The second-order valence-electron chi connectivity index (χ2n) is 7.13. The van der Waals surface area contributed by atoms with Gasteiger partial charge < -0.3 is 16.2 Å². The minimum absolute atomic E-state index is 0.0472. The summed E-state index contributed by atoms with van der Waals surface area (Å²) in [7, 11) is 0. The van der Waals surface area contributed by atoms with Crippen LogP contribution in [0, 0.1) is 0 Å². The summed E-state index contributed by atoms with van der Waals surface area (Å²) in [5, 5.41) is 20.7. The van der Waals surface area contributed by atoms with E-state index in [1.165, 1.54) is 28.0 Å². The number of thioether (sulfide) groups is 2. The van der Waals surface area contributed by atoms with Gasteiger partial charge in [-0.3, -0.25) is 14.5 Å². The Labute approximate surface area is 196 Å². The summed E-state index contributed by atoms with van der Waals surface area (Å²) < 4.78 is 1.46. The number of nitrogens with one attached hydrogen (secondary N) is 1. The number of carbonyl (C=O) groups is 3. The molecular weight excluding hydrogens is 470 g/mol. The number of β-lactam (4-membered cyclic amide) rings is 1. The summed E-state index contributed by atoms with van der Waals surface area (Å²) >= 11 is 4.20. The molecule has 1 fully saturated rings. The fraction of sp³-hybridized carbons (Fsp3) is 0.350. The maximum Gasteiger partial charge on any atom is 0.353 e. The predicted molar refractivity (Wildman–Crippen MR) is 122 cm³/mol. The van der Waals surface area contributed by atoms with Gasteiger partial charge in [0.05, 0.1) is 6.04 Å². The van der Waals surface area contributed by atoms with E-state index < -0.39 is 35.9 Å². The molecule has 2 amide bonds. The van der Waals surface area contributed by atoms with Crippen LogP contribution in [0.1, 0.15) is 31.4 Å². The Bertz CT molecular complexity index is 1070. The number of hydrogen-bond donors (Lipinski definition) is 3. The number of carbonyl (C=O) groups excluding carboxylic acids is 2. The first-order valence-electron chi connectivity index (χ1n) is 9.95. The van der Waals surface area contributed by atoms with Crippen LogP contribution in [0.4, 0.5) is 0 Å². The van der Waals surface area contributed by atoms with Gasteiger partial charge in [-0.15, -0.1) is 10.2 Å². The highest BCUT2D eigenvalue weighted by Crippen LogP contribution is 2.44. The molecule has 3 heterocycles. The lowest BCUT2D eigenvalue weighted by atomic mass is 9.86. The van der Waals surface area contributed by atoms with Gasteiger partial charge in [-0.2, -0.15) is 0 Å². The minimum Gasteiger partial charge on any atom is -0.477 e. The number of amides is 2. The molecule has 2 aromatic rings. The number of aliphatic carboxylic acids is 1. The zero-order valence-corrected chi connectivity index (χ0v) is 19.5. The topological polar surface area (TPSA) is 139 Å². The van der Waals surface area contributed by atoms with Gasteiger partial charge in [0.2, 0.25) is 5.91 Å². The van der Waals surface area contributed by atoms with Gasteiger partial charge in [-0.05, 0) is 24.2 Å². The number of aromatic nitrogens is 2. The molecule has 0 aliphatic carbocycles. The number of nitrogens with zero attached hydrogens (tertiary/aromatic N) is 3. The first kappa shape index (κ1) is 22.8. The van der Waals surface area contributed by atoms with Crippen LogP contribution in [0.25, 0.3) is 0 Å². The highest BCUT2D eigenvalue weighted by Gasteiger charge is 2.53. The Morgan fingerprint density at radius 1 is 1.31 bits per heavy atom. The Morgan fingerprint density at radius 2 is 2.03 bits per heavy atom. The summed E-state index contributed by atoms with van der Waals surface area (Å²) in [4.78, 5) is 39.3. The molecule has 0 bridgehead atoms. The molecule has 12 heteroatoms. The van der Waals surface area contributed by atoms with E-state index in [4.69, 9.17) is 5.73 Å². The van der Waals surface area contributed by atoms with Crippen LogP contribution in [-0.4, -0.2) is 55.8 Å². The molecule has 0 spiro atoms. The second-order valence-corrected chi connectivity index (χ2v) is 11.0. The van der Waals surface area contributed by atoms with Crippen molar-refractivity contribution >= 4 is 52.6 Å². The van der Waals surface area contributed by atoms with E-state index >= 15 is 0 Å². The molecule has 1 aromatic heterocycles. The molecule has 0 saturated carbocycles. The van der Waals surface area contributed by atoms with E-state index in [0.29, 0.717) is 27.6 Å². The van der Waals surface area contributed by atoms with Crippen molar-refractivity contribution in [2.24, 2.45) is 5.73 Å². The molecule has 2 aliphatic heterocycles. The monoisotopic (exact) mass is 491 g/mol. The van der Waals surface area contributed by atoms with Crippen molar-refractivity contribution in [3.05, 3.63) is 46.5 Å². The van der Waals surface area contributed by atoms with Gasteiger partial charge in [-0.25, -0.2) is 4.79 Å². The van der Waals surface area contributed by atoms with Gasteiger partial charge in [-0.1, -0.05) is 72.1 Å². The average Bonchev–Trinajstić information content (AvgIpc) is 3.23. The van der Waals surface area contributed by atoms with Gasteiger partial charge in [0.15, 0.2) is 8.68 Å². The maximum absolute atomic E-state index is 12.8. The molecule has 9 nitrogen and oxygen atoms in total. The summed E-state index contributed by atoms with van der Waals surface area (Å²) in [5.41, 5.74) is 6.62. The van der Waals surface area contributed by atoms with Crippen LogP contribution in [0.2, 0.25) is 0 Å². The molecule has 0 radical (unpaired) electrons. The first-order valence-corrected chi connectivity index (χ1v) is 12.6. The zero-order valence-electron chi connectivity index (χ0n) is 17.1. The van der Waals surface area contributed by atoms with Crippen LogP contribution in [0.3, 0.4) is 0 Å². The van der Waals surface area contributed by atoms with E-state index in [1.807, 2.05) is 13.0 Å². The summed E-state index contributed by atoms with van der Waals surface area (Å²) in [6.45, 7) is 2.02. The molecule has 3 atom stereocenters. The largest absolute Gasteiger partial charge is 0.477 e. The molecule has 4 rings (SSSR count). The number of carboxylic acids is 1. The van der Waals surface area contributed by atoms with Crippen molar-refractivity contribution in [2.45, 2.75) is 46.6 Å². The van der Waals surface area contributed by atoms with E-state index in [1.54, 1.807) is 36.0 Å². The fourth-order valence-electron chi connectivity index (χ4n) is 3.71. The quantitative estimate of drug-likeness (QED) is 0.375. The Kier molecular flexibility index (Phi) is 6.84. The van der Waals surface area contributed by atoms with Crippen LogP contribution in [-0.2, 0) is 14.4 Å². The van der Waals surface area contributed by atoms with Gasteiger partial charge in [0.1, 0.15) is 17.8 Å². The van der Waals surface area contributed by atoms with Crippen molar-refractivity contribution in [3.63, 3.8) is 0 Å². The Hall–Kier alpha value is -2.41. The SMILES string of the molecule is CCSc1nnc(SC2=C(C(=O)O)N3C(=O)[C@@H](NC(=O)[C@H](N)c4ccccc4)[C@H]3CC2)s1. The standard InChI is InChI=1S/C20H21N5O4S3/c1-2-30-19-23-24-20(32-19)31-12-9-8-11-14(17(27)25(11)15(12)18(28)29)22-16(26)13(21)10-6-4-3-5-7-10/h3-7,11,13-14H,2,8-9,21H2,1H3,(H,22,26)(H,28,29)/t11-,13-,14+/m1/s1. The lowest BCUT2D eigenvalue weighted by molar-refractivity contribution is -0.156. The van der Waals surface area contributed by atoms with Crippen molar-refractivity contribution < 1.29 is 19.5 Å². The summed E-state index contributed by atoms with van der Waals surface area (Å²) in [6.07, 6.45) is 0.999. The number of allylic oxidation sites excluding steroid dienone is 1. The molecule has 0 unspecified atom stereocenters. The smallest absolute Gasteiger partial charge is 0.353 e. The minimum atomic E-state index is -1.18. The molecular formula is C20H21N5O4S3. The van der Waals surface area contributed by atoms with E-state index in [2.05, 4.69) is 15.5 Å². The molecule has 1 saturated heterocycles. The van der Waals surface area contributed by atoms with Crippen molar-refractivity contribution in [2.75, 3.05) is 5.75 Å². The van der Waals surface area contributed by atoms with Gasteiger partial charge in [0.25, 0.3) is 5.91 Å². The number of fused-ring (bicyclic) bond motifs is 1. The van der Waals surface area contributed by atoms with E-state index in [9.17, 15) is 19.5 Å². The van der Waals surface area contributed by atoms with Crippen LogP contribution in [0.5, 0.6) is 0 Å². The summed E-state index contributed by atoms with van der Waals surface area (Å²) in [6, 6.07) is 6.77. The molecule has 2 aliphatic rings.